The van der Waals surface area contributed by atoms with Gasteiger partial charge in [-0.15, -0.1) is 11.3 Å². The molecule has 3 aromatic rings. The summed E-state index contributed by atoms with van der Waals surface area (Å²) in [5.41, 5.74) is 2.72. The van der Waals surface area contributed by atoms with Crippen molar-refractivity contribution in [3.05, 3.63) is 64.3 Å². The number of pyridine rings is 1. The summed E-state index contributed by atoms with van der Waals surface area (Å²) in [5, 5.41) is 13.4. The minimum atomic E-state index is -0.411. The number of rotatable bonds is 3. The lowest BCUT2D eigenvalue weighted by molar-refractivity contribution is -0.384. The normalized spacial score (nSPS) is 10.4. The largest absolute Gasteiger partial charge is 0.269 e. The van der Waals surface area contributed by atoms with E-state index >= 15 is 0 Å². The monoisotopic (exact) mass is 283 g/mol. The van der Waals surface area contributed by atoms with Crippen LogP contribution >= 0.6 is 11.3 Å². The number of thiazole rings is 1. The van der Waals surface area contributed by atoms with E-state index in [9.17, 15) is 10.1 Å². The first-order valence-electron chi connectivity index (χ1n) is 5.85. The van der Waals surface area contributed by atoms with E-state index in [4.69, 9.17) is 0 Å². The van der Waals surface area contributed by atoms with Gasteiger partial charge < -0.3 is 0 Å². The zero-order valence-electron chi connectivity index (χ0n) is 10.3. The summed E-state index contributed by atoms with van der Waals surface area (Å²) < 4.78 is 0. The van der Waals surface area contributed by atoms with Crippen LogP contribution in [0.4, 0.5) is 5.69 Å². The first kappa shape index (κ1) is 12.4. The smallest absolute Gasteiger partial charge is 0.264 e. The van der Waals surface area contributed by atoms with Crippen molar-refractivity contribution in [1.82, 2.24) is 9.97 Å². The first-order valence-corrected chi connectivity index (χ1v) is 6.73. The fourth-order valence-electron chi connectivity index (χ4n) is 1.78. The standard InChI is InChI=1S/C14H9N3O2S/c18-17(19)12-5-3-10(4-6-12)13-9-20-14(16-13)11-2-1-7-15-8-11/h1-9H. The minimum absolute atomic E-state index is 0.0801. The Labute approximate surface area is 118 Å². The van der Waals surface area contributed by atoms with Crippen LogP contribution in [0, 0.1) is 10.1 Å². The second-order valence-electron chi connectivity index (χ2n) is 4.08. The van der Waals surface area contributed by atoms with Crippen LogP contribution in [0.5, 0.6) is 0 Å². The van der Waals surface area contributed by atoms with Crippen molar-refractivity contribution in [3.63, 3.8) is 0 Å². The maximum Gasteiger partial charge on any atom is 0.269 e. The van der Waals surface area contributed by atoms with Crippen molar-refractivity contribution in [1.29, 1.82) is 0 Å². The van der Waals surface area contributed by atoms with Gasteiger partial charge in [0, 0.05) is 41.0 Å². The van der Waals surface area contributed by atoms with Crippen molar-refractivity contribution in [2.45, 2.75) is 0 Å². The molecule has 2 aromatic heterocycles. The molecule has 6 heteroatoms. The second kappa shape index (κ2) is 5.18. The molecular weight excluding hydrogens is 274 g/mol. The third kappa shape index (κ3) is 2.41. The Morgan fingerprint density at radius 3 is 2.55 bits per heavy atom. The maximum absolute atomic E-state index is 10.6. The third-order valence-electron chi connectivity index (χ3n) is 2.79. The molecule has 0 radical (unpaired) electrons. The fraction of sp³-hybridized carbons (Fsp3) is 0. The van der Waals surface area contributed by atoms with Crippen LogP contribution in [-0.4, -0.2) is 14.9 Å². The molecule has 0 aliphatic rings. The van der Waals surface area contributed by atoms with Crippen molar-refractivity contribution in [3.8, 4) is 21.8 Å². The Morgan fingerprint density at radius 2 is 1.90 bits per heavy atom. The molecule has 0 aliphatic carbocycles. The Bertz CT molecular complexity index is 739. The molecule has 3 rings (SSSR count). The topological polar surface area (TPSA) is 68.9 Å². The summed E-state index contributed by atoms with van der Waals surface area (Å²) in [6.45, 7) is 0. The van der Waals surface area contributed by atoms with Crippen LogP contribution in [0.3, 0.4) is 0 Å². The SMILES string of the molecule is O=[N+]([O-])c1ccc(-c2csc(-c3cccnc3)n2)cc1. The summed E-state index contributed by atoms with van der Waals surface area (Å²) in [5.74, 6) is 0. The van der Waals surface area contributed by atoms with E-state index in [0.717, 1.165) is 21.8 Å². The quantitative estimate of drug-likeness (QED) is 0.542. The molecule has 0 spiro atoms. The molecule has 1 aromatic carbocycles. The van der Waals surface area contributed by atoms with E-state index in [1.54, 1.807) is 24.5 Å². The fourth-order valence-corrected chi connectivity index (χ4v) is 2.60. The highest BCUT2D eigenvalue weighted by atomic mass is 32.1. The van der Waals surface area contributed by atoms with Gasteiger partial charge >= 0.3 is 0 Å². The van der Waals surface area contributed by atoms with Crippen molar-refractivity contribution >= 4 is 17.0 Å². The summed E-state index contributed by atoms with van der Waals surface area (Å²) in [7, 11) is 0. The van der Waals surface area contributed by atoms with E-state index in [-0.39, 0.29) is 5.69 Å². The molecule has 0 unspecified atom stereocenters. The van der Waals surface area contributed by atoms with Crippen LogP contribution in [0.15, 0.2) is 54.2 Å². The molecule has 0 saturated carbocycles. The molecule has 2 heterocycles. The molecular formula is C14H9N3O2S. The number of nitro groups is 1. The van der Waals surface area contributed by atoms with Gasteiger partial charge in [0.05, 0.1) is 10.6 Å². The number of non-ortho nitro benzene ring substituents is 1. The van der Waals surface area contributed by atoms with E-state index in [1.165, 1.54) is 23.5 Å². The van der Waals surface area contributed by atoms with E-state index in [2.05, 4.69) is 9.97 Å². The van der Waals surface area contributed by atoms with Gasteiger partial charge in [-0.3, -0.25) is 15.1 Å². The Morgan fingerprint density at radius 1 is 1.10 bits per heavy atom. The molecule has 0 saturated heterocycles. The van der Waals surface area contributed by atoms with Gasteiger partial charge in [0.15, 0.2) is 0 Å². The predicted octanol–water partition coefficient (Wildman–Crippen LogP) is 3.78. The molecule has 0 fully saturated rings. The van der Waals surface area contributed by atoms with E-state index < -0.39 is 4.92 Å². The zero-order chi connectivity index (χ0) is 13.9. The van der Waals surface area contributed by atoms with Crippen molar-refractivity contribution in [2.24, 2.45) is 0 Å². The summed E-state index contributed by atoms with van der Waals surface area (Å²) in [6, 6.07) is 10.2. The predicted molar refractivity (Wildman–Crippen MR) is 77.4 cm³/mol. The highest BCUT2D eigenvalue weighted by Crippen LogP contribution is 2.29. The molecule has 0 atom stereocenters. The Kier molecular flexibility index (Phi) is 3.22. The van der Waals surface area contributed by atoms with Crippen LogP contribution in [-0.2, 0) is 0 Å². The molecule has 20 heavy (non-hydrogen) atoms. The molecule has 0 N–H and O–H groups in total. The van der Waals surface area contributed by atoms with Crippen molar-refractivity contribution in [2.75, 3.05) is 0 Å². The summed E-state index contributed by atoms with van der Waals surface area (Å²) >= 11 is 1.52. The van der Waals surface area contributed by atoms with Gasteiger partial charge in [-0.25, -0.2) is 4.98 Å². The Hall–Kier alpha value is -2.60. The lowest BCUT2D eigenvalue weighted by atomic mass is 10.1. The van der Waals surface area contributed by atoms with Gasteiger partial charge in [0.25, 0.3) is 5.69 Å². The molecule has 0 aliphatic heterocycles. The highest BCUT2D eigenvalue weighted by Gasteiger charge is 2.09. The average molecular weight is 283 g/mol. The molecule has 0 bridgehead atoms. The third-order valence-corrected chi connectivity index (χ3v) is 3.68. The van der Waals surface area contributed by atoms with Gasteiger partial charge in [-0.2, -0.15) is 0 Å². The lowest BCUT2D eigenvalue weighted by Crippen LogP contribution is -1.87. The lowest BCUT2D eigenvalue weighted by Gasteiger charge is -1.96. The van der Waals surface area contributed by atoms with Gasteiger partial charge in [-0.1, -0.05) is 0 Å². The van der Waals surface area contributed by atoms with Crippen LogP contribution < -0.4 is 0 Å². The van der Waals surface area contributed by atoms with Gasteiger partial charge in [0.2, 0.25) is 0 Å². The van der Waals surface area contributed by atoms with Crippen molar-refractivity contribution < 1.29 is 4.92 Å². The first-order chi connectivity index (χ1) is 9.74. The van der Waals surface area contributed by atoms with Crippen LogP contribution in [0.25, 0.3) is 21.8 Å². The van der Waals surface area contributed by atoms with E-state index in [1.807, 2.05) is 17.5 Å². The second-order valence-corrected chi connectivity index (χ2v) is 4.94. The Balaban J connectivity index is 1.92. The number of hydrogen-bond donors (Lipinski definition) is 0. The van der Waals surface area contributed by atoms with Crippen LogP contribution in [0.2, 0.25) is 0 Å². The van der Waals surface area contributed by atoms with E-state index in [0.29, 0.717) is 0 Å². The summed E-state index contributed by atoms with van der Waals surface area (Å²) in [6.07, 6.45) is 3.48. The van der Waals surface area contributed by atoms with Crippen LogP contribution in [0.1, 0.15) is 0 Å². The number of aromatic nitrogens is 2. The summed E-state index contributed by atoms with van der Waals surface area (Å²) in [4.78, 5) is 18.8. The molecule has 98 valence electrons. The molecule has 0 amide bonds. The van der Waals surface area contributed by atoms with Gasteiger partial charge in [-0.05, 0) is 24.3 Å². The maximum atomic E-state index is 10.6. The number of nitrogens with zero attached hydrogens (tertiary/aromatic N) is 3. The highest BCUT2D eigenvalue weighted by molar-refractivity contribution is 7.13. The van der Waals surface area contributed by atoms with Gasteiger partial charge in [0.1, 0.15) is 5.01 Å². The zero-order valence-corrected chi connectivity index (χ0v) is 11.1. The number of benzene rings is 1. The number of hydrogen-bond acceptors (Lipinski definition) is 5. The minimum Gasteiger partial charge on any atom is -0.264 e. The average Bonchev–Trinajstić information content (AvgIpc) is 2.98. The number of nitro benzene ring substituents is 1. The molecule has 5 nitrogen and oxygen atoms in total.